The second kappa shape index (κ2) is 3.30. The van der Waals surface area contributed by atoms with E-state index in [9.17, 15) is 13.6 Å². The zero-order chi connectivity index (χ0) is 10.3. The van der Waals surface area contributed by atoms with E-state index in [0.29, 0.717) is 3.70 Å². The highest BCUT2D eigenvalue weighted by molar-refractivity contribution is 14.1. The lowest BCUT2D eigenvalue weighted by atomic mass is 10.1. The van der Waals surface area contributed by atoms with Gasteiger partial charge in [-0.1, -0.05) is 0 Å². The largest absolute Gasteiger partial charge is 0.317 e. The average Bonchev–Trinajstić information content (AvgIpc) is 2.10. The van der Waals surface area contributed by atoms with E-state index in [2.05, 4.69) is 4.98 Å². The molecule has 0 aliphatic heterocycles. The third kappa shape index (κ3) is 1.41. The summed E-state index contributed by atoms with van der Waals surface area (Å²) in [4.78, 5) is 13.7. The molecule has 0 saturated heterocycles. The van der Waals surface area contributed by atoms with Gasteiger partial charge in [0.15, 0.2) is 0 Å². The summed E-state index contributed by atoms with van der Waals surface area (Å²) in [5.41, 5.74) is -0.607. The van der Waals surface area contributed by atoms with Gasteiger partial charge in [0, 0.05) is 5.39 Å². The molecule has 0 aliphatic carbocycles. The van der Waals surface area contributed by atoms with Gasteiger partial charge >= 0.3 is 0 Å². The first kappa shape index (κ1) is 9.57. The molecule has 0 atom stereocenters. The summed E-state index contributed by atoms with van der Waals surface area (Å²) >= 11 is 1.84. The second-order valence-electron chi connectivity index (χ2n) is 2.76. The van der Waals surface area contributed by atoms with Crippen LogP contribution in [-0.2, 0) is 0 Å². The summed E-state index contributed by atoms with van der Waals surface area (Å²) in [6.07, 6.45) is 0. The standard InChI is InChI=1S/C9H4F2INO/c10-5-1-2-6(11)8-4(5)3-7(12)13-9(8)14/h1-3H,(H,13,14). The minimum Gasteiger partial charge on any atom is -0.317 e. The molecular formula is C9H4F2INO. The Kier molecular flexibility index (Phi) is 2.26. The first-order chi connectivity index (χ1) is 6.59. The molecule has 1 N–H and O–H groups in total. The maximum Gasteiger partial charge on any atom is 0.259 e. The molecular weight excluding hydrogens is 303 g/mol. The summed E-state index contributed by atoms with van der Waals surface area (Å²) in [5.74, 6) is -1.30. The fourth-order valence-electron chi connectivity index (χ4n) is 1.27. The third-order valence-corrected chi connectivity index (χ3v) is 2.45. The van der Waals surface area contributed by atoms with Crippen molar-refractivity contribution < 1.29 is 8.78 Å². The van der Waals surface area contributed by atoms with Crippen molar-refractivity contribution in [3.8, 4) is 0 Å². The van der Waals surface area contributed by atoms with Crippen LogP contribution in [0.15, 0.2) is 23.0 Å². The van der Waals surface area contributed by atoms with Crippen molar-refractivity contribution in [1.29, 1.82) is 0 Å². The van der Waals surface area contributed by atoms with E-state index in [0.717, 1.165) is 12.1 Å². The molecule has 0 spiro atoms. The molecule has 0 saturated carbocycles. The van der Waals surface area contributed by atoms with Crippen molar-refractivity contribution in [1.82, 2.24) is 4.98 Å². The zero-order valence-electron chi connectivity index (χ0n) is 6.77. The topological polar surface area (TPSA) is 32.9 Å². The first-order valence-corrected chi connectivity index (χ1v) is 4.84. The predicted molar refractivity (Wildman–Crippen MR) is 57.2 cm³/mol. The van der Waals surface area contributed by atoms with E-state index in [4.69, 9.17) is 0 Å². The van der Waals surface area contributed by atoms with E-state index >= 15 is 0 Å². The Labute approximate surface area is 91.1 Å². The fraction of sp³-hybridized carbons (Fsp3) is 0. The van der Waals surface area contributed by atoms with E-state index < -0.39 is 17.2 Å². The van der Waals surface area contributed by atoms with Crippen LogP contribution in [0.5, 0.6) is 0 Å². The number of aromatic amines is 1. The van der Waals surface area contributed by atoms with Gasteiger partial charge in [-0.25, -0.2) is 8.78 Å². The van der Waals surface area contributed by atoms with E-state index in [1.165, 1.54) is 6.07 Å². The molecule has 0 bridgehead atoms. The highest BCUT2D eigenvalue weighted by Crippen LogP contribution is 2.18. The monoisotopic (exact) mass is 307 g/mol. The van der Waals surface area contributed by atoms with Crippen molar-refractivity contribution in [2.75, 3.05) is 0 Å². The summed E-state index contributed by atoms with van der Waals surface area (Å²) in [5, 5.41) is -0.219. The number of fused-ring (bicyclic) bond motifs is 1. The molecule has 1 aromatic heterocycles. The number of hydrogen-bond donors (Lipinski definition) is 1. The van der Waals surface area contributed by atoms with Crippen molar-refractivity contribution in [3.63, 3.8) is 0 Å². The Morgan fingerprint density at radius 1 is 1.21 bits per heavy atom. The van der Waals surface area contributed by atoms with E-state index in [1.54, 1.807) is 0 Å². The number of H-pyrrole nitrogens is 1. The third-order valence-electron chi connectivity index (χ3n) is 1.87. The van der Waals surface area contributed by atoms with Gasteiger partial charge in [-0.05, 0) is 40.8 Å². The minimum absolute atomic E-state index is 0.0122. The number of hydrogen-bond acceptors (Lipinski definition) is 1. The number of rotatable bonds is 0. The van der Waals surface area contributed by atoms with E-state index in [-0.39, 0.29) is 10.8 Å². The van der Waals surface area contributed by atoms with Crippen LogP contribution in [0.3, 0.4) is 0 Å². The van der Waals surface area contributed by atoms with Gasteiger partial charge in [0.2, 0.25) is 0 Å². The zero-order valence-corrected chi connectivity index (χ0v) is 8.93. The maximum atomic E-state index is 13.2. The van der Waals surface area contributed by atoms with Crippen LogP contribution in [0.4, 0.5) is 8.78 Å². The molecule has 2 rings (SSSR count). The maximum absolute atomic E-state index is 13.2. The minimum atomic E-state index is -0.709. The van der Waals surface area contributed by atoms with Gasteiger partial charge in [-0.3, -0.25) is 4.79 Å². The summed E-state index contributed by atoms with van der Waals surface area (Å²) < 4.78 is 26.8. The number of nitrogens with one attached hydrogen (secondary N) is 1. The SMILES string of the molecule is O=c1[nH]c(I)cc2c(F)ccc(F)c12. The summed E-state index contributed by atoms with van der Waals surface area (Å²) in [7, 11) is 0. The number of pyridine rings is 1. The molecule has 1 aromatic carbocycles. The van der Waals surface area contributed by atoms with Gasteiger partial charge in [-0.2, -0.15) is 0 Å². The molecule has 14 heavy (non-hydrogen) atoms. The Balaban J connectivity index is 3.08. The second-order valence-corrected chi connectivity index (χ2v) is 3.93. The van der Waals surface area contributed by atoms with Crippen LogP contribution in [0.25, 0.3) is 10.8 Å². The number of halogens is 3. The molecule has 0 aliphatic rings. The fourth-order valence-corrected chi connectivity index (χ4v) is 1.83. The van der Waals surface area contributed by atoms with Crippen LogP contribution in [0.1, 0.15) is 0 Å². The Bertz CT molecular complexity index is 564. The lowest BCUT2D eigenvalue weighted by Gasteiger charge is -2.00. The van der Waals surface area contributed by atoms with Crippen LogP contribution in [0.2, 0.25) is 0 Å². The smallest absolute Gasteiger partial charge is 0.259 e. The van der Waals surface area contributed by atoms with E-state index in [1.807, 2.05) is 22.6 Å². The van der Waals surface area contributed by atoms with Gasteiger partial charge in [-0.15, -0.1) is 0 Å². The van der Waals surface area contributed by atoms with Gasteiger partial charge in [0.1, 0.15) is 11.6 Å². The normalized spacial score (nSPS) is 10.8. The quantitative estimate of drug-likeness (QED) is 0.588. The highest BCUT2D eigenvalue weighted by Gasteiger charge is 2.09. The Morgan fingerprint density at radius 2 is 1.86 bits per heavy atom. The molecule has 0 amide bonds. The Morgan fingerprint density at radius 3 is 2.57 bits per heavy atom. The van der Waals surface area contributed by atoms with Crippen molar-refractivity contribution in [3.05, 3.63) is 43.9 Å². The van der Waals surface area contributed by atoms with Crippen molar-refractivity contribution >= 4 is 33.4 Å². The van der Waals surface area contributed by atoms with Crippen LogP contribution in [0, 0.1) is 15.3 Å². The number of benzene rings is 1. The summed E-state index contributed by atoms with van der Waals surface area (Å²) in [6.45, 7) is 0. The molecule has 2 aromatic rings. The predicted octanol–water partition coefficient (Wildman–Crippen LogP) is 2.41. The van der Waals surface area contributed by atoms with Gasteiger partial charge < -0.3 is 4.98 Å². The molecule has 0 radical (unpaired) electrons. The highest BCUT2D eigenvalue weighted by atomic mass is 127. The molecule has 0 fully saturated rings. The Hall–Kier alpha value is -0.980. The van der Waals surface area contributed by atoms with Crippen molar-refractivity contribution in [2.45, 2.75) is 0 Å². The average molecular weight is 307 g/mol. The molecule has 2 nitrogen and oxygen atoms in total. The lowest BCUT2D eigenvalue weighted by Crippen LogP contribution is -2.09. The van der Waals surface area contributed by atoms with Crippen molar-refractivity contribution in [2.24, 2.45) is 0 Å². The molecule has 5 heteroatoms. The molecule has 72 valence electrons. The van der Waals surface area contributed by atoms with Crippen LogP contribution in [-0.4, -0.2) is 4.98 Å². The van der Waals surface area contributed by atoms with Gasteiger partial charge in [0.05, 0.1) is 9.09 Å². The van der Waals surface area contributed by atoms with Gasteiger partial charge in [0.25, 0.3) is 5.56 Å². The number of aromatic nitrogens is 1. The first-order valence-electron chi connectivity index (χ1n) is 3.76. The lowest BCUT2D eigenvalue weighted by molar-refractivity contribution is 0.616. The molecule has 0 unspecified atom stereocenters. The summed E-state index contributed by atoms with van der Waals surface area (Å²) in [6, 6.07) is 3.35. The molecule has 1 heterocycles. The van der Waals surface area contributed by atoms with Crippen LogP contribution >= 0.6 is 22.6 Å². The van der Waals surface area contributed by atoms with Crippen LogP contribution < -0.4 is 5.56 Å².